The number of hydrogen-bond acceptors (Lipinski definition) is 7. The number of rotatable bonds is 9. The van der Waals surface area contributed by atoms with E-state index in [1.807, 2.05) is 0 Å². The number of phosphoric ester groups is 1. The maximum absolute atomic E-state index is 11.5. The Morgan fingerprint density at radius 3 is 2.41 bits per heavy atom. The van der Waals surface area contributed by atoms with Crippen LogP contribution in [0.4, 0.5) is 5.69 Å². The minimum atomic E-state index is -5.22. The van der Waals surface area contributed by atoms with Crippen molar-refractivity contribution in [2.24, 2.45) is 5.18 Å². The molecule has 0 amide bonds. The molecule has 2 atom stereocenters. The Kier molecular flexibility index (Phi) is 6.98. The summed E-state index contributed by atoms with van der Waals surface area (Å²) in [7, 11) is -10.3. The van der Waals surface area contributed by atoms with Gasteiger partial charge in [0, 0.05) is 13.0 Å². The van der Waals surface area contributed by atoms with Crippen molar-refractivity contribution >= 4 is 21.3 Å². The summed E-state index contributed by atoms with van der Waals surface area (Å²) in [6, 6.07) is 6.14. The smallest absolute Gasteiger partial charge is 0.352 e. The van der Waals surface area contributed by atoms with E-state index in [0.29, 0.717) is 5.56 Å². The van der Waals surface area contributed by atoms with Crippen LogP contribution in [0, 0.1) is 4.91 Å². The van der Waals surface area contributed by atoms with E-state index < -0.39 is 21.9 Å². The molecule has 22 heavy (non-hydrogen) atoms. The third-order valence-electron chi connectivity index (χ3n) is 2.29. The number of phosphoric acid groups is 2. The van der Waals surface area contributed by atoms with Crippen LogP contribution in [0.25, 0.3) is 0 Å². The highest BCUT2D eigenvalue weighted by Gasteiger charge is 2.35. The van der Waals surface area contributed by atoms with Crippen molar-refractivity contribution in [3.05, 3.63) is 34.7 Å². The molecule has 124 valence electrons. The van der Waals surface area contributed by atoms with Crippen LogP contribution >= 0.6 is 15.6 Å². The number of nitrogens with zero attached hydrogens (tertiary/aromatic N) is 1. The zero-order valence-electron chi connectivity index (χ0n) is 11.4. The largest absolute Gasteiger partial charge is 0.483 e. The van der Waals surface area contributed by atoms with Gasteiger partial charge in [-0.05, 0) is 23.7 Å². The lowest BCUT2D eigenvalue weighted by molar-refractivity contribution is -0.0861. The second kappa shape index (κ2) is 8.05. The molecule has 3 N–H and O–H groups in total. The van der Waals surface area contributed by atoms with E-state index in [1.54, 1.807) is 19.1 Å². The molecule has 0 radical (unpaired) electrons. The summed E-state index contributed by atoms with van der Waals surface area (Å²) in [5, 5.41) is 2.79. The fraction of sp³-hybridized carbons (Fsp3) is 0.400. The number of benzene rings is 1. The van der Waals surface area contributed by atoms with E-state index >= 15 is 0 Å². The second-order valence-electron chi connectivity index (χ2n) is 3.96. The summed E-state index contributed by atoms with van der Waals surface area (Å²) < 4.78 is 35.5. The first-order valence-corrected chi connectivity index (χ1v) is 9.00. The van der Waals surface area contributed by atoms with Gasteiger partial charge in [0.15, 0.2) is 6.29 Å². The van der Waals surface area contributed by atoms with E-state index in [-0.39, 0.29) is 18.7 Å². The highest BCUT2D eigenvalue weighted by atomic mass is 31.3. The van der Waals surface area contributed by atoms with Crippen LogP contribution in [0.3, 0.4) is 0 Å². The molecule has 10 nitrogen and oxygen atoms in total. The molecule has 0 aliphatic carbocycles. The van der Waals surface area contributed by atoms with Gasteiger partial charge in [-0.25, -0.2) is 9.13 Å². The van der Waals surface area contributed by atoms with Gasteiger partial charge in [-0.1, -0.05) is 18.2 Å². The second-order valence-corrected chi connectivity index (χ2v) is 6.74. The lowest BCUT2D eigenvalue weighted by Gasteiger charge is -2.21. The van der Waals surface area contributed by atoms with Gasteiger partial charge in [-0.2, -0.15) is 4.31 Å². The van der Waals surface area contributed by atoms with Crippen LogP contribution < -0.4 is 0 Å². The molecule has 0 saturated heterocycles. The first-order valence-electron chi connectivity index (χ1n) is 5.98. The average molecular weight is 355 g/mol. The quantitative estimate of drug-likeness (QED) is 0.344. The Morgan fingerprint density at radius 1 is 1.23 bits per heavy atom. The van der Waals surface area contributed by atoms with Gasteiger partial charge < -0.3 is 19.4 Å². The molecule has 1 aromatic rings. The number of nitroso groups, excluding NO2 is 1. The van der Waals surface area contributed by atoms with Crippen molar-refractivity contribution in [3.8, 4) is 0 Å². The first-order chi connectivity index (χ1) is 10.2. The van der Waals surface area contributed by atoms with Crippen molar-refractivity contribution in [1.82, 2.24) is 0 Å². The minimum Gasteiger partial charge on any atom is -0.352 e. The maximum atomic E-state index is 11.5. The Morgan fingerprint density at radius 2 is 1.86 bits per heavy atom. The van der Waals surface area contributed by atoms with Crippen LogP contribution in [-0.4, -0.2) is 27.6 Å². The van der Waals surface area contributed by atoms with E-state index in [1.165, 1.54) is 12.1 Å². The van der Waals surface area contributed by atoms with Gasteiger partial charge >= 0.3 is 15.6 Å². The molecule has 0 spiro atoms. The van der Waals surface area contributed by atoms with E-state index in [9.17, 15) is 18.9 Å². The summed E-state index contributed by atoms with van der Waals surface area (Å²) in [5.74, 6) is 0. The van der Waals surface area contributed by atoms with E-state index in [0.717, 1.165) is 0 Å². The van der Waals surface area contributed by atoms with Crippen LogP contribution in [0.15, 0.2) is 29.4 Å². The van der Waals surface area contributed by atoms with Crippen LogP contribution in [-0.2, 0) is 29.1 Å². The van der Waals surface area contributed by atoms with Crippen molar-refractivity contribution in [2.45, 2.75) is 19.6 Å². The molecule has 0 heterocycles. The normalized spacial score (nSPS) is 16.0. The fourth-order valence-corrected chi connectivity index (χ4v) is 3.23. The Balaban J connectivity index is 2.88. The van der Waals surface area contributed by atoms with Gasteiger partial charge in [-0.15, -0.1) is 4.91 Å². The van der Waals surface area contributed by atoms with Crippen molar-refractivity contribution in [3.63, 3.8) is 0 Å². The molecule has 0 bridgehead atoms. The topological polar surface area (TPSA) is 152 Å². The Bertz CT molecular complexity index is 602. The highest BCUT2D eigenvalue weighted by molar-refractivity contribution is 7.60. The Hall–Kier alpha value is -0.960. The van der Waals surface area contributed by atoms with Crippen molar-refractivity contribution < 1.29 is 37.4 Å². The molecule has 0 aliphatic rings. The van der Waals surface area contributed by atoms with Crippen LogP contribution in [0.1, 0.15) is 12.5 Å². The van der Waals surface area contributed by atoms with Gasteiger partial charge in [0.1, 0.15) is 5.69 Å². The summed E-state index contributed by atoms with van der Waals surface area (Å²) in [5.41, 5.74) is 0.451. The standard InChI is InChI=1S/C10H15NO9P2/c1-2-18-10(19-22(16,17)20-21(13,14)15)7-8-5-3-4-6-9(8)11-12/h3-6,10H,2,7H2,1H3,(H,16,17)(H2,13,14,15). The van der Waals surface area contributed by atoms with E-state index in [2.05, 4.69) is 14.0 Å². The number of ether oxygens (including phenoxy) is 1. The molecule has 12 heteroatoms. The summed E-state index contributed by atoms with van der Waals surface area (Å²) >= 11 is 0. The zero-order chi connectivity index (χ0) is 16.8. The molecule has 1 rings (SSSR count). The van der Waals surface area contributed by atoms with Gasteiger partial charge in [0.05, 0.1) is 0 Å². The molecular formula is C10H15NO9P2. The van der Waals surface area contributed by atoms with Gasteiger partial charge in [0.25, 0.3) is 0 Å². The zero-order valence-corrected chi connectivity index (χ0v) is 13.2. The molecule has 0 fully saturated rings. The highest BCUT2D eigenvalue weighted by Crippen LogP contribution is 2.58. The lowest BCUT2D eigenvalue weighted by atomic mass is 10.1. The van der Waals surface area contributed by atoms with Crippen molar-refractivity contribution in [2.75, 3.05) is 6.61 Å². The molecule has 0 aromatic heterocycles. The predicted molar refractivity (Wildman–Crippen MR) is 75.1 cm³/mol. The molecule has 0 saturated carbocycles. The minimum absolute atomic E-state index is 0.0806. The van der Waals surface area contributed by atoms with Crippen LogP contribution in [0.5, 0.6) is 0 Å². The summed E-state index contributed by atoms with van der Waals surface area (Å²) in [6.07, 6.45) is -1.51. The Labute approximate surface area is 125 Å². The average Bonchev–Trinajstić information content (AvgIpc) is 2.36. The molecular weight excluding hydrogens is 340 g/mol. The van der Waals surface area contributed by atoms with Gasteiger partial charge in [-0.3, -0.25) is 4.52 Å². The van der Waals surface area contributed by atoms with Gasteiger partial charge in [0.2, 0.25) is 0 Å². The van der Waals surface area contributed by atoms with E-state index in [4.69, 9.17) is 14.5 Å². The lowest BCUT2D eigenvalue weighted by Crippen LogP contribution is -2.19. The monoisotopic (exact) mass is 355 g/mol. The third kappa shape index (κ3) is 6.87. The number of hydrogen-bond donors (Lipinski definition) is 3. The SMILES string of the molecule is CCOC(Cc1ccccc1N=O)OP(=O)(O)OP(=O)(O)O. The maximum Gasteiger partial charge on any atom is 0.483 e. The summed E-state index contributed by atoms with van der Waals surface area (Å²) in [6.45, 7) is 1.66. The van der Waals surface area contributed by atoms with Crippen molar-refractivity contribution in [1.29, 1.82) is 0 Å². The third-order valence-corrected chi connectivity index (χ3v) is 4.47. The first kappa shape index (κ1) is 19.1. The predicted octanol–water partition coefficient (Wildman–Crippen LogP) is 2.22. The summed E-state index contributed by atoms with van der Waals surface area (Å²) in [4.78, 5) is 37.1. The fourth-order valence-electron chi connectivity index (χ4n) is 1.57. The molecule has 0 aliphatic heterocycles. The van der Waals surface area contributed by atoms with Crippen LogP contribution in [0.2, 0.25) is 0 Å². The molecule has 2 unspecified atom stereocenters. The molecule has 1 aromatic carbocycles.